The first-order valence-electron chi connectivity index (χ1n) is 7.51. The second-order valence-corrected chi connectivity index (χ2v) is 8.10. The summed E-state index contributed by atoms with van der Waals surface area (Å²) in [6.07, 6.45) is 0. The number of rotatable bonds is 6. The van der Waals surface area contributed by atoms with E-state index in [1.54, 1.807) is 0 Å². The molecular formula is C16H10Cl2F5NO4S. The number of esters is 1. The molecule has 0 bridgehead atoms. The zero-order valence-corrected chi connectivity index (χ0v) is 16.5. The zero-order chi connectivity index (χ0) is 22.1. The summed E-state index contributed by atoms with van der Waals surface area (Å²) in [4.78, 5) is 11.6. The Morgan fingerprint density at radius 1 is 1.00 bits per heavy atom. The fourth-order valence-corrected chi connectivity index (χ4v) is 3.62. The van der Waals surface area contributed by atoms with E-state index in [9.17, 15) is 35.2 Å². The van der Waals surface area contributed by atoms with Gasteiger partial charge in [-0.15, -0.1) is 0 Å². The van der Waals surface area contributed by atoms with Crippen LogP contribution in [-0.4, -0.2) is 20.4 Å². The van der Waals surface area contributed by atoms with Gasteiger partial charge in [0.05, 0.1) is 20.5 Å². The molecule has 5 nitrogen and oxygen atoms in total. The van der Waals surface area contributed by atoms with E-state index < -0.39 is 63.3 Å². The lowest BCUT2D eigenvalue weighted by atomic mass is 10.2. The minimum absolute atomic E-state index is 0.0731. The SMILES string of the molecule is CC(NS(=O)(=O)c1ccc(Cl)c(Cl)c1)C(=O)OCc1c(F)c(F)c(F)c(F)c1F. The molecule has 0 aliphatic rings. The lowest BCUT2D eigenvalue weighted by molar-refractivity contribution is -0.146. The summed E-state index contributed by atoms with van der Waals surface area (Å²) in [5.74, 6) is -12.4. The average molecular weight is 478 g/mol. The Kier molecular flexibility index (Phi) is 7.10. The van der Waals surface area contributed by atoms with Gasteiger partial charge in [-0.25, -0.2) is 30.4 Å². The number of nitrogens with one attached hydrogen (secondary N) is 1. The summed E-state index contributed by atoms with van der Waals surface area (Å²) in [6, 6.07) is 1.74. The van der Waals surface area contributed by atoms with E-state index in [2.05, 4.69) is 4.74 Å². The maximum absolute atomic E-state index is 13.6. The summed E-state index contributed by atoms with van der Waals surface area (Å²) < 4.78 is 97.3. The van der Waals surface area contributed by atoms with E-state index in [0.717, 1.165) is 19.1 Å². The van der Waals surface area contributed by atoms with Crippen LogP contribution in [0.5, 0.6) is 0 Å². The van der Waals surface area contributed by atoms with Crippen molar-refractivity contribution in [3.8, 4) is 0 Å². The van der Waals surface area contributed by atoms with Crippen molar-refractivity contribution in [2.45, 2.75) is 24.5 Å². The molecule has 0 spiro atoms. The first-order chi connectivity index (χ1) is 13.4. The number of sulfonamides is 1. The first-order valence-corrected chi connectivity index (χ1v) is 9.75. The van der Waals surface area contributed by atoms with Crippen LogP contribution in [0.25, 0.3) is 0 Å². The van der Waals surface area contributed by atoms with Crippen LogP contribution < -0.4 is 4.72 Å². The van der Waals surface area contributed by atoms with Gasteiger partial charge in [-0.3, -0.25) is 4.79 Å². The second-order valence-electron chi connectivity index (χ2n) is 5.58. The van der Waals surface area contributed by atoms with Crippen LogP contribution in [0.4, 0.5) is 22.0 Å². The van der Waals surface area contributed by atoms with Gasteiger partial charge in [0.25, 0.3) is 0 Å². The highest BCUT2D eigenvalue weighted by Crippen LogP contribution is 2.25. The Balaban J connectivity index is 2.13. The molecule has 2 aromatic carbocycles. The second kappa shape index (κ2) is 8.82. The van der Waals surface area contributed by atoms with Gasteiger partial charge in [0.2, 0.25) is 15.8 Å². The van der Waals surface area contributed by atoms with Crippen molar-refractivity contribution in [1.82, 2.24) is 4.72 Å². The van der Waals surface area contributed by atoms with Crippen molar-refractivity contribution < 1.29 is 39.9 Å². The summed E-state index contributed by atoms with van der Waals surface area (Å²) in [6.45, 7) is -0.278. The molecular weight excluding hydrogens is 468 g/mol. The topological polar surface area (TPSA) is 72.5 Å². The molecule has 2 aromatic rings. The Morgan fingerprint density at radius 2 is 1.52 bits per heavy atom. The van der Waals surface area contributed by atoms with Gasteiger partial charge >= 0.3 is 5.97 Å². The van der Waals surface area contributed by atoms with Crippen LogP contribution in [0.1, 0.15) is 12.5 Å². The highest BCUT2D eigenvalue weighted by Gasteiger charge is 2.28. The summed E-state index contributed by atoms with van der Waals surface area (Å²) in [5, 5.41) is 0.0111. The molecule has 2 rings (SSSR count). The molecule has 1 unspecified atom stereocenters. The maximum atomic E-state index is 13.6. The summed E-state index contributed by atoms with van der Waals surface area (Å²) >= 11 is 11.4. The molecule has 0 aliphatic heterocycles. The molecule has 29 heavy (non-hydrogen) atoms. The van der Waals surface area contributed by atoms with E-state index >= 15 is 0 Å². The Morgan fingerprint density at radius 3 is 2.03 bits per heavy atom. The van der Waals surface area contributed by atoms with E-state index in [4.69, 9.17) is 23.2 Å². The molecule has 0 aliphatic carbocycles. The minimum atomic E-state index is -4.27. The van der Waals surface area contributed by atoms with Crippen LogP contribution in [0.3, 0.4) is 0 Å². The molecule has 13 heteroatoms. The highest BCUT2D eigenvalue weighted by molar-refractivity contribution is 7.89. The molecule has 0 saturated heterocycles. The molecule has 0 amide bonds. The standard InChI is InChI=1S/C16H10Cl2F5NO4S/c1-6(24-29(26,27)7-2-3-9(17)10(18)4-7)16(25)28-5-8-11(19)13(21)15(23)14(22)12(8)20/h2-4,6,24H,5H2,1H3. The summed E-state index contributed by atoms with van der Waals surface area (Å²) in [7, 11) is -4.27. The van der Waals surface area contributed by atoms with Gasteiger partial charge < -0.3 is 4.74 Å². The third-order valence-corrected chi connectivity index (χ3v) is 5.82. The van der Waals surface area contributed by atoms with E-state index in [-0.39, 0.29) is 14.9 Å². The minimum Gasteiger partial charge on any atom is -0.459 e. The number of benzene rings is 2. The quantitative estimate of drug-likeness (QED) is 0.294. The van der Waals surface area contributed by atoms with Crippen LogP contribution in [0, 0.1) is 29.1 Å². The van der Waals surface area contributed by atoms with E-state index in [0.29, 0.717) is 0 Å². The Hall–Kier alpha value is -1.95. The summed E-state index contributed by atoms with van der Waals surface area (Å²) in [5.41, 5.74) is -1.38. The van der Waals surface area contributed by atoms with Crippen LogP contribution in [0.15, 0.2) is 23.1 Å². The van der Waals surface area contributed by atoms with Gasteiger partial charge in [-0.05, 0) is 25.1 Å². The lowest BCUT2D eigenvalue weighted by Crippen LogP contribution is -2.39. The van der Waals surface area contributed by atoms with Gasteiger partial charge in [-0.1, -0.05) is 23.2 Å². The van der Waals surface area contributed by atoms with Gasteiger partial charge in [0, 0.05) is 0 Å². The van der Waals surface area contributed by atoms with E-state index in [1.807, 2.05) is 4.72 Å². The maximum Gasteiger partial charge on any atom is 0.324 e. The number of ether oxygens (including phenoxy) is 1. The largest absolute Gasteiger partial charge is 0.459 e. The molecule has 158 valence electrons. The molecule has 0 heterocycles. The first kappa shape index (κ1) is 23.3. The fourth-order valence-electron chi connectivity index (χ4n) is 2.04. The van der Waals surface area contributed by atoms with Gasteiger partial charge in [0.15, 0.2) is 23.3 Å². The van der Waals surface area contributed by atoms with Crippen molar-refractivity contribution in [3.63, 3.8) is 0 Å². The number of halogens is 7. The molecule has 0 fully saturated rings. The smallest absolute Gasteiger partial charge is 0.324 e. The van der Waals surface area contributed by atoms with E-state index in [1.165, 1.54) is 6.07 Å². The van der Waals surface area contributed by atoms with Crippen molar-refractivity contribution in [1.29, 1.82) is 0 Å². The fraction of sp³-hybridized carbons (Fsp3) is 0.188. The number of hydrogen-bond acceptors (Lipinski definition) is 4. The van der Waals surface area contributed by atoms with Crippen molar-refractivity contribution in [2.24, 2.45) is 0 Å². The third kappa shape index (κ3) is 4.97. The van der Waals surface area contributed by atoms with Crippen LogP contribution in [0.2, 0.25) is 10.0 Å². The van der Waals surface area contributed by atoms with Gasteiger partial charge in [-0.2, -0.15) is 4.72 Å². The Labute approximate surface area is 171 Å². The number of carbonyl (C=O) groups excluding carboxylic acids is 1. The monoisotopic (exact) mass is 477 g/mol. The predicted octanol–water partition coefficient (Wildman–Crippen LogP) is 4.10. The number of hydrogen-bond donors (Lipinski definition) is 1. The van der Waals surface area contributed by atoms with Crippen molar-refractivity contribution in [2.75, 3.05) is 0 Å². The van der Waals surface area contributed by atoms with Gasteiger partial charge in [0.1, 0.15) is 12.6 Å². The normalized spacial score (nSPS) is 12.7. The molecule has 0 aromatic heterocycles. The third-order valence-electron chi connectivity index (χ3n) is 3.55. The number of carbonyl (C=O) groups is 1. The zero-order valence-electron chi connectivity index (χ0n) is 14.2. The molecule has 0 radical (unpaired) electrons. The molecule has 1 atom stereocenters. The lowest BCUT2D eigenvalue weighted by Gasteiger charge is -2.15. The Bertz CT molecular complexity index is 1050. The predicted molar refractivity (Wildman–Crippen MR) is 92.3 cm³/mol. The van der Waals surface area contributed by atoms with Crippen molar-refractivity contribution >= 4 is 39.2 Å². The van der Waals surface area contributed by atoms with Crippen LogP contribution >= 0.6 is 23.2 Å². The van der Waals surface area contributed by atoms with Crippen molar-refractivity contribution in [3.05, 3.63) is 62.9 Å². The molecule has 0 saturated carbocycles. The van der Waals surface area contributed by atoms with Crippen LogP contribution in [-0.2, 0) is 26.2 Å². The highest BCUT2D eigenvalue weighted by atomic mass is 35.5. The average Bonchev–Trinajstić information content (AvgIpc) is 2.66. The molecule has 1 N–H and O–H groups in total.